The van der Waals surface area contributed by atoms with Crippen molar-refractivity contribution >= 4 is 41.4 Å². The topological polar surface area (TPSA) is 110 Å². The summed E-state index contributed by atoms with van der Waals surface area (Å²) in [5, 5.41) is 9.60. The third kappa shape index (κ3) is 4.50. The Balaban J connectivity index is 1.77. The number of amides is 2. The van der Waals surface area contributed by atoms with E-state index in [1.807, 2.05) is 24.3 Å². The molecule has 132 valence electrons. The number of nitrogens with two attached hydrogens (primary N) is 2. The van der Waals surface area contributed by atoms with Crippen LogP contribution < -0.4 is 15.1 Å². The van der Waals surface area contributed by atoms with Crippen molar-refractivity contribution in [3.05, 3.63) is 41.5 Å². The number of thiophene rings is 1. The Morgan fingerprint density at radius 2 is 2.00 bits per heavy atom. The predicted octanol–water partition coefficient (Wildman–Crippen LogP) is 0.221. The molecule has 1 aromatic carbocycles. The summed E-state index contributed by atoms with van der Waals surface area (Å²) in [6, 6.07) is 9.86. The van der Waals surface area contributed by atoms with Crippen molar-refractivity contribution < 1.29 is 14.7 Å². The molecular weight excluding hydrogens is 401 g/mol. The fraction of sp³-hybridized carbons (Fsp3) is 0.294. The van der Waals surface area contributed by atoms with E-state index >= 15 is 0 Å². The van der Waals surface area contributed by atoms with Crippen molar-refractivity contribution in [1.29, 1.82) is 0 Å². The van der Waals surface area contributed by atoms with Gasteiger partial charge in [-0.05, 0) is 0 Å². The minimum absolute atomic E-state index is 0.218. The molecule has 1 aliphatic rings. The van der Waals surface area contributed by atoms with Gasteiger partial charge in [-0.25, -0.2) is 0 Å². The summed E-state index contributed by atoms with van der Waals surface area (Å²) in [7, 11) is 0. The molecule has 1 fully saturated rings. The van der Waals surface area contributed by atoms with Gasteiger partial charge in [0.15, 0.2) is 0 Å². The summed E-state index contributed by atoms with van der Waals surface area (Å²) < 4.78 is 0.365. The van der Waals surface area contributed by atoms with Gasteiger partial charge in [-0.2, -0.15) is 0 Å². The molecule has 0 spiro atoms. The van der Waals surface area contributed by atoms with E-state index in [0.29, 0.717) is 5.56 Å². The van der Waals surface area contributed by atoms with Crippen molar-refractivity contribution in [1.82, 2.24) is 4.90 Å². The summed E-state index contributed by atoms with van der Waals surface area (Å²) in [4.78, 5) is 26.0. The van der Waals surface area contributed by atoms with Crippen LogP contribution in [0.3, 0.4) is 0 Å². The Morgan fingerprint density at radius 3 is 2.56 bits per heavy atom. The number of rotatable bonds is 6. The zero-order chi connectivity index (χ0) is 18.0. The van der Waals surface area contributed by atoms with E-state index in [1.165, 1.54) is 16.9 Å². The van der Waals surface area contributed by atoms with Crippen LogP contribution in [-0.2, 0) is 6.54 Å². The first-order chi connectivity index (χ1) is 11.9. The van der Waals surface area contributed by atoms with Crippen LogP contribution in [0.4, 0.5) is 4.79 Å². The zero-order valence-electron chi connectivity index (χ0n) is 13.6. The zero-order valence-corrected chi connectivity index (χ0v) is 16.5. The van der Waals surface area contributed by atoms with E-state index < -0.39 is 21.7 Å². The van der Waals surface area contributed by atoms with Crippen LogP contribution in [-0.4, -0.2) is 55.6 Å². The number of β-amino-alcohol motifs (C(OH)–C–C–N with tert-alkyl or cyclic N) is 1. The fourth-order valence-electron chi connectivity index (χ4n) is 2.91. The van der Waals surface area contributed by atoms with Crippen molar-refractivity contribution in [3.63, 3.8) is 0 Å². The van der Waals surface area contributed by atoms with E-state index in [2.05, 4.69) is 4.90 Å². The van der Waals surface area contributed by atoms with Gasteiger partial charge >= 0.3 is 156 Å². The molecule has 2 atom stereocenters. The fourth-order valence-corrected chi connectivity index (χ4v) is 6.58. The van der Waals surface area contributed by atoms with Crippen LogP contribution in [0.5, 0.6) is 0 Å². The minimum atomic E-state index is -1.20. The number of aliphatic hydroxyl groups excluding tert-OH is 1. The van der Waals surface area contributed by atoms with Gasteiger partial charge in [0.2, 0.25) is 0 Å². The van der Waals surface area contributed by atoms with Crippen LogP contribution in [0.1, 0.15) is 22.3 Å². The van der Waals surface area contributed by atoms with Gasteiger partial charge in [0, 0.05) is 0 Å². The molecule has 0 saturated carbocycles. The number of nitrogens with zero attached hydrogens (tertiary/aromatic N) is 1. The summed E-state index contributed by atoms with van der Waals surface area (Å²) in [6.07, 6.45) is 0.611. The first-order valence-corrected chi connectivity index (χ1v) is 10.8. The molecule has 8 heteroatoms. The number of hydrogen-bond acceptors (Lipinski definition) is 5. The van der Waals surface area contributed by atoms with Crippen molar-refractivity contribution in [3.8, 4) is 10.4 Å². The van der Waals surface area contributed by atoms with Gasteiger partial charge in [-0.1, -0.05) is 0 Å². The Bertz CT molecular complexity index is 791. The van der Waals surface area contributed by atoms with Crippen molar-refractivity contribution in [2.24, 2.45) is 11.5 Å². The van der Waals surface area contributed by atoms with Gasteiger partial charge in [0.1, 0.15) is 0 Å². The monoisotopic (exact) mass is 421 g/mol. The molecule has 1 aromatic heterocycles. The first kappa shape index (κ1) is 18.1. The Kier molecular flexibility index (Phi) is 5.59. The van der Waals surface area contributed by atoms with Gasteiger partial charge in [-0.3, -0.25) is 0 Å². The van der Waals surface area contributed by atoms with Crippen LogP contribution in [0.2, 0.25) is 0 Å². The molecule has 0 radical (unpaired) electrons. The van der Waals surface area contributed by atoms with E-state index in [1.54, 1.807) is 6.07 Å². The number of carbonyl (C=O) groups excluding carboxylic acids is 2. The molecule has 1 aliphatic heterocycles. The number of primary amides is 2. The summed E-state index contributed by atoms with van der Waals surface area (Å²) >= 11 is 0.220. The first-order valence-electron chi connectivity index (χ1n) is 7.92. The number of benzene rings is 1. The molecule has 2 unspecified atom stereocenters. The molecule has 2 heterocycles. The number of hydrogen-bond donors (Lipinski definition) is 3. The second kappa shape index (κ2) is 7.70. The van der Waals surface area contributed by atoms with Crippen LogP contribution in [0.15, 0.2) is 30.3 Å². The van der Waals surface area contributed by atoms with Crippen LogP contribution >= 0.6 is 11.3 Å². The molecular formula is C17H20AsN3O3S. The van der Waals surface area contributed by atoms with Gasteiger partial charge in [0.05, 0.1) is 0 Å². The van der Waals surface area contributed by atoms with Gasteiger partial charge in [-0.15, -0.1) is 0 Å². The maximum atomic E-state index is 11.6. The van der Waals surface area contributed by atoms with Crippen LogP contribution in [0.25, 0.3) is 10.4 Å². The normalized spacial score (nSPS) is 18.2. The molecule has 0 aliphatic carbocycles. The molecule has 2 aromatic rings. The Hall–Kier alpha value is -1.66. The second-order valence-electron chi connectivity index (χ2n) is 6.08. The van der Waals surface area contributed by atoms with E-state index in [4.69, 9.17) is 11.5 Å². The van der Waals surface area contributed by atoms with E-state index in [9.17, 15) is 14.7 Å². The third-order valence-corrected chi connectivity index (χ3v) is 7.86. The molecule has 0 bridgehead atoms. The molecule has 25 heavy (non-hydrogen) atoms. The van der Waals surface area contributed by atoms with E-state index in [0.717, 1.165) is 40.2 Å². The van der Waals surface area contributed by atoms with E-state index in [-0.39, 0.29) is 10.8 Å². The number of aliphatic hydroxyl groups is 1. The third-order valence-electron chi connectivity index (χ3n) is 4.13. The molecule has 6 nitrogen and oxygen atoms in total. The second-order valence-corrected chi connectivity index (χ2v) is 10.5. The van der Waals surface area contributed by atoms with Gasteiger partial charge < -0.3 is 0 Å². The Morgan fingerprint density at radius 1 is 1.28 bits per heavy atom. The predicted molar refractivity (Wildman–Crippen MR) is 101 cm³/mol. The van der Waals surface area contributed by atoms with Crippen molar-refractivity contribution in [2.75, 3.05) is 13.1 Å². The summed E-state index contributed by atoms with van der Waals surface area (Å²) in [6.45, 7) is 2.44. The Labute approximate surface area is 156 Å². The SMILES string of the molecule is NC(=O)[AsH]c1sc(-c2ccc(CN3CCC(O)C3)cc2)cc1C(N)=O. The standard InChI is InChI=1S/C17H20AsN3O3S/c19-16(23)13-7-14(25-15(13)18-17(20)24)11-3-1-10(2-4-11)8-21-6-5-12(22)9-21/h1-4,7,12,18,22H,5-6,8-9H2,(H2,19,23)(H2,20,24). The maximum absolute atomic E-state index is 11.6. The number of likely N-dealkylation sites (tertiary alicyclic amines) is 1. The average molecular weight is 421 g/mol. The number of carbonyl (C=O) groups is 2. The van der Waals surface area contributed by atoms with Crippen LogP contribution in [0, 0.1) is 0 Å². The molecule has 1 saturated heterocycles. The molecule has 3 rings (SSSR count). The quantitative estimate of drug-likeness (QED) is 0.580. The van der Waals surface area contributed by atoms with Gasteiger partial charge in [0.25, 0.3) is 0 Å². The molecule has 5 N–H and O–H groups in total. The summed E-state index contributed by atoms with van der Waals surface area (Å²) in [5.41, 5.74) is 13.3. The summed E-state index contributed by atoms with van der Waals surface area (Å²) in [5.74, 6) is -0.522. The molecule has 2 amide bonds. The van der Waals surface area contributed by atoms with Crippen molar-refractivity contribution in [2.45, 2.75) is 19.1 Å². The average Bonchev–Trinajstić information content (AvgIpc) is 3.14.